The smallest absolute Gasteiger partial charge is 0.253 e. The Labute approximate surface area is 220 Å². The lowest BCUT2D eigenvalue weighted by molar-refractivity contribution is 0.0773. The maximum Gasteiger partial charge on any atom is 0.253 e. The van der Waals surface area contributed by atoms with Gasteiger partial charge in [-0.05, 0) is 43.2 Å². The third kappa shape index (κ3) is 5.58. The number of aromatic nitrogens is 1. The highest BCUT2D eigenvalue weighted by molar-refractivity contribution is 5.94. The van der Waals surface area contributed by atoms with Crippen LogP contribution >= 0.6 is 0 Å². The zero-order chi connectivity index (χ0) is 25.6. The summed E-state index contributed by atoms with van der Waals surface area (Å²) in [5.74, 6) is 0.0921. The van der Waals surface area contributed by atoms with Crippen LogP contribution in [0.1, 0.15) is 46.9 Å². The molecule has 0 saturated carbocycles. The van der Waals surface area contributed by atoms with E-state index in [1.54, 1.807) is 0 Å². The van der Waals surface area contributed by atoms with Crippen molar-refractivity contribution in [1.82, 2.24) is 19.7 Å². The molecule has 0 spiro atoms. The van der Waals surface area contributed by atoms with Crippen LogP contribution < -0.4 is 0 Å². The van der Waals surface area contributed by atoms with Crippen molar-refractivity contribution in [2.45, 2.75) is 26.4 Å². The summed E-state index contributed by atoms with van der Waals surface area (Å²) in [6.07, 6.45) is 1.88. The largest absolute Gasteiger partial charge is 0.339 e. The van der Waals surface area contributed by atoms with Crippen molar-refractivity contribution in [3.05, 3.63) is 113 Å². The van der Waals surface area contributed by atoms with Crippen LogP contribution in [-0.2, 0) is 6.54 Å². The number of nitrogens with zero attached hydrogens (tertiary/aromatic N) is 4. The number of benzene rings is 3. The average Bonchev–Trinajstić information content (AvgIpc) is 2.96. The van der Waals surface area contributed by atoms with E-state index in [0.717, 1.165) is 49.2 Å². The Bertz CT molecular complexity index is 1300. The summed E-state index contributed by atoms with van der Waals surface area (Å²) < 4.78 is 0. The maximum atomic E-state index is 12.9. The van der Waals surface area contributed by atoms with E-state index in [9.17, 15) is 4.79 Å². The van der Waals surface area contributed by atoms with Crippen molar-refractivity contribution >= 4 is 16.8 Å². The van der Waals surface area contributed by atoms with Crippen LogP contribution in [0.3, 0.4) is 0 Å². The van der Waals surface area contributed by atoms with Crippen LogP contribution in [0.4, 0.5) is 0 Å². The molecule has 190 valence electrons. The second kappa shape index (κ2) is 11.7. The van der Waals surface area contributed by atoms with E-state index in [4.69, 9.17) is 4.98 Å². The number of carbonyl (C=O) groups is 1. The Morgan fingerprint density at radius 1 is 0.838 bits per heavy atom. The van der Waals surface area contributed by atoms with E-state index in [-0.39, 0.29) is 11.9 Å². The first-order valence-electron chi connectivity index (χ1n) is 13.4. The third-order valence-electron chi connectivity index (χ3n) is 7.50. The number of hydrogen-bond donors (Lipinski definition) is 0. The fourth-order valence-corrected chi connectivity index (χ4v) is 5.46. The number of pyridine rings is 1. The monoisotopic (exact) mass is 492 g/mol. The molecule has 1 fully saturated rings. The average molecular weight is 493 g/mol. The maximum absolute atomic E-state index is 12.9. The molecule has 0 bridgehead atoms. The first-order valence-corrected chi connectivity index (χ1v) is 13.4. The SMILES string of the molecule is CCN(CC)C(=O)c1ccc(C(c2cccc3cccnc23)N2CCN(Cc3ccccc3)CC2)cc1. The van der Waals surface area contributed by atoms with Gasteiger partial charge in [-0.15, -0.1) is 0 Å². The van der Waals surface area contributed by atoms with E-state index in [0.29, 0.717) is 13.1 Å². The lowest BCUT2D eigenvalue weighted by Crippen LogP contribution is -2.47. The van der Waals surface area contributed by atoms with Gasteiger partial charge in [-0.2, -0.15) is 0 Å². The Morgan fingerprint density at radius 2 is 1.54 bits per heavy atom. The van der Waals surface area contributed by atoms with Crippen LogP contribution in [0, 0.1) is 0 Å². The molecular formula is C32H36N4O. The van der Waals surface area contributed by atoms with Gasteiger partial charge in [0.15, 0.2) is 0 Å². The van der Waals surface area contributed by atoms with Gasteiger partial charge >= 0.3 is 0 Å². The van der Waals surface area contributed by atoms with Crippen LogP contribution in [0.15, 0.2) is 91.1 Å². The molecule has 4 aromatic rings. The summed E-state index contributed by atoms with van der Waals surface area (Å²) in [4.78, 5) is 24.7. The van der Waals surface area contributed by atoms with Crippen LogP contribution in [0.25, 0.3) is 10.9 Å². The summed E-state index contributed by atoms with van der Waals surface area (Å²) in [6, 6.07) is 29.7. The van der Waals surface area contributed by atoms with Crippen LogP contribution in [0.2, 0.25) is 0 Å². The van der Waals surface area contributed by atoms with Gasteiger partial charge in [-0.3, -0.25) is 19.6 Å². The highest BCUT2D eigenvalue weighted by atomic mass is 16.2. The Hall–Kier alpha value is -3.54. The molecular weight excluding hydrogens is 456 g/mol. The topological polar surface area (TPSA) is 39.7 Å². The van der Waals surface area contributed by atoms with E-state index in [1.807, 2.05) is 43.1 Å². The number of amides is 1. The summed E-state index contributed by atoms with van der Waals surface area (Å²) in [7, 11) is 0. The number of fused-ring (bicyclic) bond motifs is 1. The highest BCUT2D eigenvalue weighted by Gasteiger charge is 2.28. The minimum absolute atomic E-state index is 0.0788. The molecule has 0 radical (unpaired) electrons. The number of para-hydroxylation sites is 1. The molecule has 1 saturated heterocycles. The van der Waals surface area contributed by atoms with Gasteiger partial charge in [0.05, 0.1) is 11.6 Å². The number of piperazine rings is 1. The van der Waals surface area contributed by atoms with Crippen molar-refractivity contribution in [2.24, 2.45) is 0 Å². The van der Waals surface area contributed by atoms with Crippen molar-refractivity contribution in [3.63, 3.8) is 0 Å². The molecule has 0 aliphatic carbocycles. The molecule has 5 nitrogen and oxygen atoms in total. The van der Waals surface area contributed by atoms with Crippen LogP contribution in [0.5, 0.6) is 0 Å². The first kappa shape index (κ1) is 25.1. The molecule has 2 heterocycles. The zero-order valence-electron chi connectivity index (χ0n) is 21.9. The summed E-state index contributed by atoms with van der Waals surface area (Å²) >= 11 is 0. The molecule has 1 aromatic heterocycles. The van der Waals surface area contributed by atoms with E-state index in [1.165, 1.54) is 16.7 Å². The molecule has 1 unspecified atom stereocenters. The van der Waals surface area contributed by atoms with Gasteiger partial charge in [0.2, 0.25) is 0 Å². The van der Waals surface area contributed by atoms with Gasteiger partial charge in [0.1, 0.15) is 0 Å². The lowest BCUT2D eigenvalue weighted by Gasteiger charge is -2.40. The highest BCUT2D eigenvalue weighted by Crippen LogP contribution is 2.34. The molecule has 1 amide bonds. The molecule has 1 atom stereocenters. The molecule has 5 heteroatoms. The van der Waals surface area contributed by atoms with Crippen LogP contribution in [-0.4, -0.2) is 64.9 Å². The second-order valence-electron chi connectivity index (χ2n) is 9.72. The lowest BCUT2D eigenvalue weighted by atomic mass is 9.93. The van der Waals surface area contributed by atoms with Gasteiger partial charge < -0.3 is 4.90 Å². The normalized spacial score (nSPS) is 15.5. The van der Waals surface area contributed by atoms with Gasteiger partial charge in [0.25, 0.3) is 5.91 Å². The van der Waals surface area contributed by atoms with Crippen molar-refractivity contribution < 1.29 is 4.79 Å². The number of hydrogen-bond acceptors (Lipinski definition) is 4. The minimum Gasteiger partial charge on any atom is -0.339 e. The summed E-state index contributed by atoms with van der Waals surface area (Å²) in [5, 5.41) is 1.15. The molecule has 5 rings (SSSR count). The van der Waals surface area contributed by atoms with Crippen molar-refractivity contribution in [3.8, 4) is 0 Å². The predicted molar refractivity (Wildman–Crippen MR) is 151 cm³/mol. The molecule has 1 aliphatic heterocycles. The van der Waals surface area contributed by atoms with Gasteiger partial charge in [-0.1, -0.05) is 66.7 Å². The van der Waals surface area contributed by atoms with Gasteiger partial charge in [0, 0.05) is 68.5 Å². The summed E-state index contributed by atoms with van der Waals surface area (Å²) in [6.45, 7) is 10.4. The Kier molecular flexibility index (Phi) is 7.93. The second-order valence-corrected chi connectivity index (χ2v) is 9.72. The molecule has 37 heavy (non-hydrogen) atoms. The zero-order valence-corrected chi connectivity index (χ0v) is 21.9. The third-order valence-corrected chi connectivity index (χ3v) is 7.50. The Morgan fingerprint density at radius 3 is 2.24 bits per heavy atom. The fraction of sp³-hybridized carbons (Fsp3) is 0.312. The summed E-state index contributed by atoms with van der Waals surface area (Å²) in [5.41, 5.74) is 5.57. The van der Waals surface area contributed by atoms with Crippen molar-refractivity contribution in [1.29, 1.82) is 0 Å². The molecule has 1 aliphatic rings. The van der Waals surface area contributed by atoms with E-state index in [2.05, 4.69) is 76.5 Å². The van der Waals surface area contributed by atoms with Gasteiger partial charge in [-0.25, -0.2) is 0 Å². The molecule has 0 N–H and O–H groups in total. The number of carbonyl (C=O) groups excluding carboxylic acids is 1. The minimum atomic E-state index is 0.0788. The standard InChI is InChI=1S/C32H36N4O/c1-3-35(4-2)32(37)28-17-15-27(16-18-28)31(29-14-8-12-26-13-9-19-33-30(26)29)36-22-20-34(21-23-36)24-25-10-6-5-7-11-25/h5-19,31H,3-4,20-24H2,1-2H3. The fourth-order valence-electron chi connectivity index (χ4n) is 5.46. The van der Waals surface area contributed by atoms with Crippen molar-refractivity contribution in [2.75, 3.05) is 39.3 Å². The predicted octanol–water partition coefficient (Wildman–Crippen LogP) is 5.62. The van der Waals surface area contributed by atoms with E-state index >= 15 is 0 Å². The molecule has 3 aromatic carbocycles. The quantitative estimate of drug-likeness (QED) is 0.320. The van der Waals surface area contributed by atoms with E-state index < -0.39 is 0 Å². The first-order chi connectivity index (χ1) is 18.2. The Balaban J connectivity index is 1.44. The number of rotatable bonds is 8.